The Morgan fingerprint density at radius 2 is 2.05 bits per heavy atom. The molecule has 0 bridgehead atoms. The van der Waals surface area contributed by atoms with E-state index < -0.39 is 5.60 Å². The molecule has 1 saturated carbocycles. The van der Waals surface area contributed by atoms with Gasteiger partial charge in [0, 0.05) is 36.7 Å². The lowest BCUT2D eigenvalue weighted by atomic mass is 9.80. The number of aliphatic hydroxyl groups is 1. The second kappa shape index (κ2) is 4.66. The molecule has 3 heteroatoms. The highest BCUT2D eigenvalue weighted by atomic mass is 16.3. The molecule has 0 spiro atoms. The summed E-state index contributed by atoms with van der Waals surface area (Å²) in [6.45, 7) is 3.70. The van der Waals surface area contributed by atoms with Crippen LogP contribution in [0.5, 0.6) is 0 Å². The van der Waals surface area contributed by atoms with Gasteiger partial charge in [0.2, 0.25) is 0 Å². The standard InChI is InChI=1S/C16H22N2O/c1-12-13-6-3-4-7-14(13)18(2)15(12)10-17-11-16(19)8-5-9-16/h3-4,6-7,17,19H,5,8-11H2,1-2H3. The summed E-state index contributed by atoms with van der Waals surface area (Å²) in [6.07, 6.45) is 3.04. The summed E-state index contributed by atoms with van der Waals surface area (Å²) in [5.41, 5.74) is 3.48. The monoisotopic (exact) mass is 258 g/mol. The summed E-state index contributed by atoms with van der Waals surface area (Å²) in [5.74, 6) is 0. The summed E-state index contributed by atoms with van der Waals surface area (Å²) in [4.78, 5) is 0. The Morgan fingerprint density at radius 1 is 1.32 bits per heavy atom. The number of benzene rings is 1. The van der Waals surface area contributed by atoms with Crippen LogP contribution in [0.1, 0.15) is 30.5 Å². The van der Waals surface area contributed by atoms with Gasteiger partial charge in [-0.05, 0) is 37.8 Å². The van der Waals surface area contributed by atoms with Crippen LogP contribution in [-0.4, -0.2) is 21.8 Å². The minimum Gasteiger partial charge on any atom is -0.389 e. The predicted molar refractivity (Wildman–Crippen MR) is 78.2 cm³/mol. The zero-order chi connectivity index (χ0) is 13.5. The summed E-state index contributed by atoms with van der Waals surface area (Å²) in [7, 11) is 2.12. The fourth-order valence-corrected chi connectivity index (χ4v) is 3.06. The van der Waals surface area contributed by atoms with Crippen LogP contribution in [0.25, 0.3) is 10.9 Å². The van der Waals surface area contributed by atoms with Crippen LogP contribution in [0.3, 0.4) is 0 Å². The molecule has 1 heterocycles. The van der Waals surface area contributed by atoms with Crippen molar-refractivity contribution in [2.45, 2.75) is 38.3 Å². The molecule has 2 aromatic rings. The molecule has 0 amide bonds. The number of aryl methyl sites for hydroxylation is 2. The third-order valence-corrected chi connectivity index (χ3v) is 4.54. The van der Waals surface area contributed by atoms with Crippen molar-refractivity contribution in [3.63, 3.8) is 0 Å². The van der Waals surface area contributed by atoms with Crippen molar-refractivity contribution < 1.29 is 5.11 Å². The van der Waals surface area contributed by atoms with E-state index in [0.717, 1.165) is 25.8 Å². The van der Waals surface area contributed by atoms with Crippen LogP contribution >= 0.6 is 0 Å². The predicted octanol–water partition coefficient (Wildman–Crippen LogP) is 2.49. The Labute approximate surface area is 114 Å². The largest absolute Gasteiger partial charge is 0.389 e. The van der Waals surface area contributed by atoms with Crippen molar-refractivity contribution in [3.8, 4) is 0 Å². The number of aromatic nitrogens is 1. The Hall–Kier alpha value is -1.32. The summed E-state index contributed by atoms with van der Waals surface area (Å²) < 4.78 is 2.25. The molecule has 0 unspecified atom stereocenters. The van der Waals surface area contributed by atoms with Crippen molar-refractivity contribution in [2.75, 3.05) is 6.54 Å². The fraction of sp³-hybridized carbons (Fsp3) is 0.500. The van der Waals surface area contributed by atoms with E-state index in [2.05, 4.69) is 48.1 Å². The molecular weight excluding hydrogens is 236 g/mol. The van der Waals surface area contributed by atoms with Crippen LogP contribution < -0.4 is 5.32 Å². The van der Waals surface area contributed by atoms with Gasteiger partial charge in [-0.3, -0.25) is 0 Å². The Balaban J connectivity index is 1.77. The fourth-order valence-electron chi connectivity index (χ4n) is 3.06. The molecule has 1 aromatic carbocycles. The SMILES string of the molecule is Cc1c(CNCC2(O)CCC2)n(C)c2ccccc12. The molecule has 0 radical (unpaired) electrons. The summed E-state index contributed by atoms with van der Waals surface area (Å²) in [5, 5.41) is 14.8. The molecule has 1 fully saturated rings. The number of hydrogen-bond acceptors (Lipinski definition) is 2. The number of nitrogens with zero attached hydrogens (tertiary/aromatic N) is 1. The second-order valence-corrected chi connectivity index (χ2v) is 5.83. The summed E-state index contributed by atoms with van der Waals surface area (Å²) in [6, 6.07) is 8.50. The highest BCUT2D eigenvalue weighted by molar-refractivity contribution is 5.85. The molecule has 1 aliphatic carbocycles. The van der Waals surface area contributed by atoms with Crippen molar-refractivity contribution in [2.24, 2.45) is 7.05 Å². The van der Waals surface area contributed by atoms with Crippen LogP contribution in [0.15, 0.2) is 24.3 Å². The van der Waals surface area contributed by atoms with E-state index in [9.17, 15) is 5.11 Å². The first-order valence-corrected chi connectivity index (χ1v) is 7.07. The first kappa shape index (κ1) is 12.7. The van der Waals surface area contributed by atoms with E-state index in [4.69, 9.17) is 0 Å². The molecule has 3 nitrogen and oxygen atoms in total. The Morgan fingerprint density at radius 3 is 2.68 bits per heavy atom. The molecule has 0 atom stereocenters. The van der Waals surface area contributed by atoms with Gasteiger partial charge in [-0.25, -0.2) is 0 Å². The maximum absolute atomic E-state index is 10.1. The first-order valence-electron chi connectivity index (χ1n) is 7.07. The smallest absolute Gasteiger partial charge is 0.0771 e. The third-order valence-electron chi connectivity index (χ3n) is 4.54. The van der Waals surface area contributed by atoms with E-state index in [1.165, 1.54) is 22.2 Å². The normalized spacial score (nSPS) is 17.6. The molecule has 1 aliphatic rings. The van der Waals surface area contributed by atoms with E-state index in [0.29, 0.717) is 6.54 Å². The third kappa shape index (κ3) is 2.17. The van der Waals surface area contributed by atoms with Gasteiger partial charge >= 0.3 is 0 Å². The van der Waals surface area contributed by atoms with E-state index in [-0.39, 0.29) is 0 Å². The van der Waals surface area contributed by atoms with Crippen molar-refractivity contribution in [3.05, 3.63) is 35.5 Å². The number of fused-ring (bicyclic) bond motifs is 1. The molecule has 19 heavy (non-hydrogen) atoms. The maximum Gasteiger partial charge on any atom is 0.0771 e. The zero-order valence-electron chi connectivity index (χ0n) is 11.7. The van der Waals surface area contributed by atoms with Crippen molar-refractivity contribution in [1.29, 1.82) is 0 Å². The number of para-hydroxylation sites is 1. The lowest BCUT2D eigenvalue weighted by Gasteiger charge is -2.36. The van der Waals surface area contributed by atoms with Gasteiger partial charge in [-0.2, -0.15) is 0 Å². The molecule has 0 aliphatic heterocycles. The second-order valence-electron chi connectivity index (χ2n) is 5.83. The molecule has 3 rings (SSSR count). The van der Waals surface area contributed by atoms with Crippen molar-refractivity contribution >= 4 is 10.9 Å². The average Bonchev–Trinajstić information content (AvgIpc) is 2.62. The van der Waals surface area contributed by atoms with Gasteiger partial charge in [-0.1, -0.05) is 18.2 Å². The lowest BCUT2D eigenvalue weighted by Crippen LogP contribution is -2.46. The highest BCUT2D eigenvalue weighted by Gasteiger charge is 2.33. The van der Waals surface area contributed by atoms with Gasteiger partial charge in [0.25, 0.3) is 0 Å². The van der Waals surface area contributed by atoms with Crippen LogP contribution in [0.4, 0.5) is 0 Å². The number of nitrogens with one attached hydrogen (secondary N) is 1. The Bertz CT molecular complexity index is 557. The molecule has 0 saturated heterocycles. The topological polar surface area (TPSA) is 37.2 Å². The Kier molecular flexibility index (Phi) is 3.11. The van der Waals surface area contributed by atoms with Gasteiger partial charge < -0.3 is 15.0 Å². The van der Waals surface area contributed by atoms with E-state index in [1.807, 2.05) is 0 Å². The van der Waals surface area contributed by atoms with Gasteiger partial charge in [0.15, 0.2) is 0 Å². The quantitative estimate of drug-likeness (QED) is 0.884. The lowest BCUT2D eigenvalue weighted by molar-refractivity contribution is -0.0315. The molecule has 2 N–H and O–H groups in total. The van der Waals surface area contributed by atoms with Crippen LogP contribution in [0, 0.1) is 6.92 Å². The first-order chi connectivity index (χ1) is 9.11. The highest BCUT2D eigenvalue weighted by Crippen LogP contribution is 2.31. The van der Waals surface area contributed by atoms with Crippen LogP contribution in [-0.2, 0) is 13.6 Å². The van der Waals surface area contributed by atoms with Gasteiger partial charge in [0.1, 0.15) is 0 Å². The van der Waals surface area contributed by atoms with Crippen LogP contribution in [0.2, 0.25) is 0 Å². The molecule has 102 valence electrons. The maximum atomic E-state index is 10.1. The minimum atomic E-state index is -0.446. The number of hydrogen-bond donors (Lipinski definition) is 2. The average molecular weight is 258 g/mol. The zero-order valence-corrected chi connectivity index (χ0v) is 11.7. The van der Waals surface area contributed by atoms with Gasteiger partial charge in [0.05, 0.1) is 5.60 Å². The van der Waals surface area contributed by atoms with E-state index >= 15 is 0 Å². The van der Waals surface area contributed by atoms with Crippen molar-refractivity contribution in [1.82, 2.24) is 9.88 Å². The number of rotatable bonds is 4. The van der Waals surface area contributed by atoms with Gasteiger partial charge in [-0.15, -0.1) is 0 Å². The molecule has 1 aromatic heterocycles. The van der Waals surface area contributed by atoms with E-state index in [1.54, 1.807) is 0 Å². The molecular formula is C16H22N2O. The summed E-state index contributed by atoms with van der Waals surface area (Å²) >= 11 is 0. The minimum absolute atomic E-state index is 0.446.